The fraction of sp³-hybridized carbons (Fsp3) is 0.524. The molecule has 1 aromatic carbocycles. The van der Waals surface area contributed by atoms with E-state index in [1.807, 2.05) is 24.6 Å². The molecule has 0 saturated carbocycles. The molecule has 30 heavy (non-hydrogen) atoms. The molecule has 3 rings (SSSR count). The fourth-order valence-electron chi connectivity index (χ4n) is 3.70. The van der Waals surface area contributed by atoms with Gasteiger partial charge in [-0.3, -0.25) is 9.48 Å². The van der Waals surface area contributed by atoms with Crippen molar-refractivity contribution >= 4 is 27.5 Å². The number of sulfonamides is 1. The van der Waals surface area contributed by atoms with Gasteiger partial charge in [0.2, 0.25) is 10.0 Å². The van der Waals surface area contributed by atoms with Crippen molar-refractivity contribution in [2.24, 2.45) is 0 Å². The monoisotopic (exact) mass is 452 g/mol. The number of benzene rings is 1. The average Bonchev–Trinajstić information content (AvgIpc) is 2.90. The van der Waals surface area contributed by atoms with Gasteiger partial charge in [0.25, 0.3) is 5.91 Å². The van der Waals surface area contributed by atoms with Gasteiger partial charge in [0.15, 0.2) is 0 Å². The van der Waals surface area contributed by atoms with Gasteiger partial charge in [-0.25, -0.2) is 8.42 Å². The fourth-order valence-corrected chi connectivity index (χ4v) is 5.71. The number of aromatic nitrogens is 2. The molecule has 2 aromatic rings. The van der Waals surface area contributed by atoms with Gasteiger partial charge in [-0.15, -0.1) is 0 Å². The molecular weight excluding hydrogens is 424 g/mol. The van der Waals surface area contributed by atoms with Crippen LogP contribution in [-0.4, -0.2) is 48.0 Å². The highest BCUT2D eigenvalue weighted by atomic mass is 35.5. The van der Waals surface area contributed by atoms with E-state index in [-0.39, 0.29) is 15.8 Å². The highest BCUT2D eigenvalue weighted by Gasteiger charge is 2.28. The second kappa shape index (κ2) is 9.94. The van der Waals surface area contributed by atoms with Crippen molar-refractivity contribution in [1.29, 1.82) is 0 Å². The smallest absolute Gasteiger partial charge is 0.251 e. The van der Waals surface area contributed by atoms with E-state index in [2.05, 4.69) is 10.4 Å². The van der Waals surface area contributed by atoms with E-state index in [1.165, 1.54) is 16.4 Å². The van der Waals surface area contributed by atoms with Crippen LogP contribution in [0.3, 0.4) is 0 Å². The van der Waals surface area contributed by atoms with Crippen LogP contribution in [-0.2, 0) is 16.6 Å². The van der Waals surface area contributed by atoms with Gasteiger partial charge in [-0.2, -0.15) is 9.40 Å². The number of hydrogen-bond acceptors (Lipinski definition) is 4. The Morgan fingerprint density at radius 1 is 1.13 bits per heavy atom. The van der Waals surface area contributed by atoms with E-state index in [1.54, 1.807) is 6.07 Å². The van der Waals surface area contributed by atoms with Crippen molar-refractivity contribution in [3.05, 3.63) is 46.2 Å². The van der Waals surface area contributed by atoms with Crippen LogP contribution in [0.15, 0.2) is 29.2 Å². The summed E-state index contributed by atoms with van der Waals surface area (Å²) in [4.78, 5) is 12.6. The van der Waals surface area contributed by atoms with Crippen molar-refractivity contribution in [1.82, 2.24) is 19.4 Å². The Labute approximate surface area is 183 Å². The summed E-state index contributed by atoms with van der Waals surface area (Å²) in [5, 5.41) is 7.39. The van der Waals surface area contributed by atoms with E-state index < -0.39 is 10.0 Å². The Kier molecular flexibility index (Phi) is 7.55. The number of amides is 1. The molecule has 0 unspecified atom stereocenters. The Bertz CT molecular complexity index is 996. The summed E-state index contributed by atoms with van der Waals surface area (Å²) in [6, 6.07) is 6.44. The summed E-state index contributed by atoms with van der Waals surface area (Å²) in [5.41, 5.74) is 2.34. The van der Waals surface area contributed by atoms with Gasteiger partial charge in [0, 0.05) is 37.4 Å². The first-order chi connectivity index (χ1) is 14.3. The summed E-state index contributed by atoms with van der Waals surface area (Å²) in [6.07, 6.45) is 4.46. The molecule has 164 valence electrons. The highest BCUT2D eigenvalue weighted by Crippen LogP contribution is 2.27. The van der Waals surface area contributed by atoms with Crippen LogP contribution in [0, 0.1) is 13.8 Å². The number of halogens is 1. The van der Waals surface area contributed by atoms with Gasteiger partial charge >= 0.3 is 0 Å². The third kappa shape index (κ3) is 5.42. The van der Waals surface area contributed by atoms with Crippen LogP contribution < -0.4 is 5.32 Å². The van der Waals surface area contributed by atoms with Gasteiger partial charge in [-0.1, -0.05) is 24.4 Å². The molecule has 1 aliphatic heterocycles. The Hall–Kier alpha value is -1.90. The predicted molar refractivity (Wildman–Crippen MR) is 117 cm³/mol. The normalized spacial score (nSPS) is 15.7. The second-order valence-corrected chi connectivity index (χ2v) is 10.0. The summed E-state index contributed by atoms with van der Waals surface area (Å²) in [6.45, 7) is 6.09. The van der Waals surface area contributed by atoms with Gasteiger partial charge in [0.05, 0.1) is 10.7 Å². The Morgan fingerprint density at radius 3 is 2.47 bits per heavy atom. The lowest BCUT2D eigenvalue weighted by Crippen LogP contribution is -2.32. The lowest BCUT2D eigenvalue weighted by molar-refractivity contribution is 0.0952. The van der Waals surface area contributed by atoms with Crippen LogP contribution in [0.4, 0.5) is 0 Å². The number of nitrogens with zero attached hydrogens (tertiary/aromatic N) is 3. The van der Waals surface area contributed by atoms with Crippen molar-refractivity contribution < 1.29 is 13.2 Å². The molecule has 1 N–H and O–H groups in total. The van der Waals surface area contributed by atoms with E-state index in [4.69, 9.17) is 11.6 Å². The largest absolute Gasteiger partial charge is 0.352 e. The number of carbonyl (C=O) groups is 1. The average molecular weight is 453 g/mol. The molecule has 9 heteroatoms. The van der Waals surface area contributed by atoms with Crippen LogP contribution in [0.5, 0.6) is 0 Å². The minimum Gasteiger partial charge on any atom is -0.352 e. The predicted octanol–water partition coefficient (Wildman–Crippen LogP) is 3.54. The maximum atomic E-state index is 13.1. The summed E-state index contributed by atoms with van der Waals surface area (Å²) >= 11 is 6.21. The van der Waals surface area contributed by atoms with E-state index in [9.17, 15) is 13.2 Å². The molecule has 1 amide bonds. The molecule has 0 aliphatic carbocycles. The second-order valence-electron chi connectivity index (χ2n) is 7.72. The summed E-state index contributed by atoms with van der Waals surface area (Å²) < 4.78 is 29.6. The quantitative estimate of drug-likeness (QED) is 0.651. The molecule has 2 heterocycles. The van der Waals surface area contributed by atoms with Crippen LogP contribution in [0.2, 0.25) is 5.02 Å². The third-order valence-corrected chi connectivity index (χ3v) is 7.69. The Balaban J connectivity index is 1.64. The molecule has 0 bridgehead atoms. The maximum Gasteiger partial charge on any atom is 0.251 e. The molecule has 1 aromatic heterocycles. The molecule has 0 radical (unpaired) electrons. The number of aryl methyl sites for hydroxylation is 3. The van der Waals surface area contributed by atoms with Gasteiger partial charge in [-0.05, 0) is 57.4 Å². The van der Waals surface area contributed by atoms with Crippen LogP contribution >= 0.6 is 11.6 Å². The minimum atomic E-state index is -3.73. The zero-order valence-electron chi connectivity index (χ0n) is 17.5. The van der Waals surface area contributed by atoms with Crippen LogP contribution in [0.1, 0.15) is 53.8 Å². The zero-order valence-corrected chi connectivity index (χ0v) is 19.1. The number of rotatable bonds is 7. The van der Waals surface area contributed by atoms with Crippen molar-refractivity contribution in [3.63, 3.8) is 0 Å². The van der Waals surface area contributed by atoms with Crippen molar-refractivity contribution in [2.75, 3.05) is 19.6 Å². The number of hydrogen-bond donors (Lipinski definition) is 1. The SMILES string of the molecule is Cc1cc(C)n(CCCNC(=O)c2ccc(Cl)c(S(=O)(=O)N3CCCCCC3)c2)n1. The standard InChI is InChI=1S/C21H29ClN4O3S/c1-16-14-17(2)26(24-16)13-7-10-23-21(27)18-8-9-19(22)20(15-18)30(28,29)25-11-5-3-4-6-12-25/h8-9,14-15H,3-7,10-13H2,1-2H3,(H,23,27). The number of carbonyl (C=O) groups excluding carboxylic acids is 1. The van der Waals surface area contributed by atoms with Crippen molar-refractivity contribution in [3.8, 4) is 0 Å². The van der Waals surface area contributed by atoms with Gasteiger partial charge < -0.3 is 5.32 Å². The molecule has 7 nitrogen and oxygen atoms in total. The third-order valence-electron chi connectivity index (χ3n) is 5.31. The van der Waals surface area contributed by atoms with Gasteiger partial charge in [0.1, 0.15) is 4.90 Å². The minimum absolute atomic E-state index is 0.00126. The summed E-state index contributed by atoms with van der Waals surface area (Å²) in [5.74, 6) is -0.313. The van der Waals surface area contributed by atoms with E-state index >= 15 is 0 Å². The lowest BCUT2D eigenvalue weighted by Gasteiger charge is -2.21. The Morgan fingerprint density at radius 2 is 1.83 bits per heavy atom. The first-order valence-electron chi connectivity index (χ1n) is 10.4. The van der Waals surface area contributed by atoms with Crippen molar-refractivity contribution in [2.45, 2.75) is 57.4 Å². The molecule has 1 aliphatic rings. The molecular formula is C21H29ClN4O3S. The van der Waals surface area contributed by atoms with E-state index in [0.717, 1.165) is 43.5 Å². The highest BCUT2D eigenvalue weighted by molar-refractivity contribution is 7.89. The maximum absolute atomic E-state index is 13.1. The molecule has 1 fully saturated rings. The molecule has 0 atom stereocenters. The summed E-state index contributed by atoms with van der Waals surface area (Å²) in [7, 11) is -3.73. The van der Waals surface area contributed by atoms with E-state index in [0.29, 0.717) is 31.7 Å². The molecule has 0 spiro atoms. The first-order valence-corrected chi connectivity index (χ1v) is 12.2. The number of nitrogens with one attached hydrogen (secondary N) is 1. The zero-order chi connectivity index (χ0) is 21.7. The van der Waals surface area contributed by atoms with Crippen LogP contribution in [0.25, 0.3) is 0 Å². The lowest BCUT2D eigenvalue weighted by atomic mass is 10.2. The molecule has 1 saturated heterocycles. The first kappa shape index (κ1) is 22.8. The topological polar surface area (TPSA) is 84.3 Å².